The Hall–Kier alpha value is -7.72. The van der Waals surface area contributed by atoms with Crippen molar-refractivity contribution in [1.29, 1.82) is 0 Å². The van der Waals surface area contributed by atoms with Gasteiger partial charge in [0.15, 0.2) is 8.07 Å². The van der Waals surface area contributed by atoms with E-state index in [0.717, 1.165) is 22.7 Å². The van der Waals surface area contributed by atoms with Crippen LogP contribution in [0.2, 0.25) is 0 Å². The first kappa shape index (κ1) is 36.4. The molecule has 3 heteroatoms. The molecule has 10 aromatic carbocycles. The van der Waals surface area contributed by atoms with E-state index in [-0.39, 0.29) is 0 Å². The van der Waals surface area contributed by atoms with Crippen molar-refractivity contribution in [3.63, 3.8) is 0 Å². The van der Waals surface area contributed by atoms with Crippen LogP contribution in [0.3, 0.4) is 0 Å². The predicted molar refractivity (Wildman–Crippen MR) is 262 cm³/mol. The van der Waals surface area contributed by atoms with Crippen LogP contribution in [0, 0.1) is 0 Å². The van der Waals surface area contributed by atoms with Crippen LogP contribution in [-0.2, 0) is 0 Å². The second kappa shape index (κ2) is 15.5. The van der Waals surface area contributed by atoms with Gasteiger partial charge in [-0.25, -0.2) is 0 Å². The van der Waals surface area contributed by atoms with Gasteiger partial charge in [0.1, 0.15) is 0 Å². The molecule has 11 aromatic rings. The molecule has 0 aliphatic carbocycles. The van der Waals surface area contributed by atoms with Crippen LogP contribution < -0.4 is 25.6 Å². The number of hydrogen-bond donors (Lipinski definition) is 0. The lowest BCUT2D eigenvalue weighted by Crippen LogP contribution is -2.74. The van der Waals surface area contributed by atoms with Gasteiger partial charge in [0.2, 0.25) is 0 Å². The van der Waals surface area contributed by atoms with E-state index in [4.69, 9.17) is 0 Å². The zero-order chi connectivity index (χ0) is 40.6. The van der Waals surface area contributed by atoms with Crippen LogP contribution in [0.4, 0.5) is 17.1 Å². The Morgan fingerprint density at radius 3 is 1.33 bits per heavy atom. The van der Waals surface area contributed by atoms with Gasteiger partial charge in [-0.15, -0.1) is 0 Å². The van der Waals surface area contributed by atoms with Gasteiger partial charge in [0, 0.05) is 33.5 Å². The Morgan fingerprint density at radius 2 is 0.754 bits per heavy atom. The third-order valence-electron chi connectivity index (χ3n) is 12.3. The van der Waals surface area contributed by atoms with Crippen LogP contribution in [0.1, 0.15) is 0 Å². The molecule has 0 unspecified atom stereocenters. The van der Waals surface area contributed by atoms with Crippen molar-refractivity contribution in [3.05, 3.63) is 255 Å². The van der Waals surface area contributed by atoms with E-state index < -0.39 is 8.07 Å². The largest absolute Gasteiger partial charge is 0.311 e. The van der Waals surface area contributed by atoms with Gasteiger partial charge in [-0.3, -0.25) is 0 Å². The standard InChI is InChI=1S/C58H42N2Si/c1-4-21-49(22-5-1)61(50-23-6-2-7-24-50,51-25-8-3-9-26-51)52-27-17-20-48(42-52)59(45-36-34-44(35-37-45)54-31-16-19-43-18-10-11-28-53(43)54)46-38-40-47(41-39-46)60-57-32-14-12-29-55(57)56-30-13-15-33-58(56)60/h1-42H. The number of anilines is 3. The second-order valence-corrected chi connectivity index (χ2v) is 19.5. The number of nitrogens with zero attached hydrogens (tertiary/aromatic N) is 2. The lowest BCUT2D eigenvalue weighted by molar-refractivity contribution is 1.17. The van der Waals surface area contributed by atoms with Gasteiger partial charge in [-0.05, 0) is 103 Å². The van der Waals surface area contributed by atoms with Crippen molar-refractivity contribution in [2.75, 3.05) is 4.90 Å². The minimum absolute atomic E-state index is 1.09. The molecule has 2 nitrogen and oxygen atoms in total. The first-order valence-electron chi connectivity index (χ1n) is 21.0. The summed E-state index contributed by atoms with van der Waals surface area (Å²) in [5.41, 5.74) is 9.26. The second-order valence-electron chi connectivity index (χ2n) is 15.7. The average Bonchev–Trinajstić information content (AvgIpc) is 3.68. The fourth-order valence-electron chi connectivity index (χ4n) is 9.61. The molecule has 1 aromatic heterocycles. The van der Waals surface area contributed by atoms with Crippen LogP contribution in [0.5, 0.6) is 0 Å². The summed E-state index contributed by atoms with van der Waals surface area (Å²) in [4.78, 5) is 2.42. The molecule has 0 saturated carbocycles. The lowest BCUT2D eigenvalue weighted by Gasteiger charge is -2.35. The smallest absolute Gasteiger partial charge is 0.179 e. The van der Waals surface area contributed by atoms with Crippen molar-refractivity contribution in [2.45, 2.75) is 0 Å². The highest BCUT2D eigenvalue weighted by Gasteiger charge is 2.41. The van der Waals surface area contributed by atoms with Gasteiger partial charge in [-0.1, -0.05) is 194 Å². The van der Waals surface area contributed by atoms with Gasteiger partial charge in [0.25, 0.3) is 0 Å². The molecule has 0 bridgehead atoms. The van der Waals surface area contributed by atoms with Gasteiger partial charge >= 0.3 is 0 Å². The fourth-order valence-corrected chi connectivity index (χ4v) is 14.4. The Labute approximate surface area is 357 Å². The van der Waals surface area contributed by atoms with E-state index in [2.05, 4.69) is 264 Å². The number of para-hydroxylation sites is 2. The van der Waals surface area contributed by atoms with E-state index in [0.29, 0.717) is 0 Å². The molecule has 1 heterocycles. The lowest BCUT2D eigenvalue weighted by atomic mass is 9.98. The van der Waals surface area contributed by atoms with E-state index in [1.165, 1.54) is 64.5 Å². The maximum Gasteiger partial charge on any atom is 0.179 e. The molecule has 0 fully saturated rings. The molecule has 0 radical (unpaired) electrons. The molecule has 0 aliphatic heterocycles. The molecule has 11 rings (SSSR count). The zero-order valence-electron chi connectivity index (χ0n) is 33.6. The van der Waals surface area contributed by atoms with Crippen molar-refractivity contribution >= 4 is 78.5 Å². The Bertz CT molecular complexity index is 3130. The van der Waals surface area contributed by atoms with Crippen LogP contribution in [0.25, 0.3) is 49.4 Å². The topological polar surface area (TPSA) is 8.17 Å². The van der Waals surface area contributed by atoms with Crippen molar-refractivity contribution in [2.24, 2.45) is 0 Å². The summed E-state index contributed by atoms with van der Waals surface area (Å²) >= 11 is 0. The van der Waals surface area contributed by atoms with Crippen molar-refractivity contribution in [3.8, 4) is 16.8 Å². The number of benzene rings is 10. The van der Waals surface area contributed by atoms with Crippen LogP contribution >= 0.6 is 0 Å². The highest BCUT2D eigenvalue weighted by molar-refractivity contribution is 7.19. The molecule has 61 heavy (non-hydrogen) atoms. The summed E-state index contributed by atoms with van der Waals surface area (Å²) < 4.78 is 2.39. The number of aromatic nitrogens is 1. The summed E-state index contributed by atoms with van der Waals surface area (Å²) in [5, 5.41) is 10.4. The first-order valence-corrected chi connectivity index (χ1v) is 23.0. The first-order chi connectivity index (χ1) is 30.3. The molecule has 0 saturated heterocycles. The third kappa shape index (κ3) is 6.26. The van der Waals surface area contributed by atoms with E-state index in [1.807, 2.05) is 0 Å². The molecular weight excluding hydrogens is 753 g/mol. The molecule has 0 aliphatic rings. The van der Waals surface area contributed by atoms with Crippen LogP contribution in [0.15, 0.2) is 255 Å². The SMILES string of the molecule is c1ccc([Si](c2ccccc2)(c2ccccc2)c2cccc(N(c3ccc(-c4cccc5ccccc45)cc3)c3ccc(-n4c5ccccc5c5ccccc54)cc3)c2)cc1. The normalized spacial score (nSPS) is 11.6. The minimum atomic E-state index is -2.79. The number of hydrogen-bond acceptors (Lipinski definition) is 1. The van der Waals surface area contributed by atoms with Gasteiger partial charge in [0.05, 0.1) is 11.0 Å². The van der Waals surface area contributed by atoms with Crippen molar-refractivity contribution in [1.82, 2.24) is 4.57 Å². The summed E-state index contributed by atoms with van der Waals surface area (Å²) in [6.07, 6.45) is 0. The summed E-state index contributed by atoms with van der Waals surface area (Å²) in [6.45, 7) is 0. The minimum Gasteiger partial charge on any atom is -0.311 e. The van der Waals surface area contributed by atoms with Gasteiger partial charge in [-0.2, -0.15) is 0 Å². The molecule has 0 spiro atoms. The molecule has 0 N–H and O–H groups in total. The number of fused-ring (bicyclic) bond motifs is 4. The summed E-state index contributed by atoms with van der Waals surface area (Å²) in [5.74, 6) is 0. The van der Waals surface area contributed by atoms with E-state index >= 15 is 0 Å². The predicted octanol–water partition coefficient (Wildman–Crippen LogP) is 12.5. The van der Waals surface area contributed by atoms with Crippen LogP contribution in [-0.4, -0.2) is 12.6 Å². The Morgan fingerprint density at radius 1 is 0.311 bits per heavy atom. The Balaban J connectivity index is 1.10. The fraction of sp³-hybridized carbons (Fsp3) is 0. The van der Waals surface area contributed by atoms with E-state index in [9.17, 15) is 0 Å². The van der Waals surface area contributed by atoms with Crippen molar-refractivity contribution < 1.29 is 0 Å². The molecule has 288 valence electrons. The van der Waals surface area contributed by atoms with E-state index in [1.54, 1.807) is 0 Å². The maximum atomic E-state index is 2.46. The highest BCUT2D eigenvalue weighted by atomic mass is 28.3. The Kier molecular flexibility index (Phi) is 9.22. The quantitative estimate of drug-likeness (QED) is 0.104. The molecule has 0 amide bonds. The maximum absolute atomic E-state index is 2.79. The molecule has 0 atom stereocenters. The molecular formula is C58H42N2Si. The number of rotatable bonds is 9. The monoisotopic (exact) mass is 794 g/mol. The highest BCUT2D eigenvalue weighted by Crippen LogP contribution is 2.38. The third-order valence-corrected chi connectivity index (χ3v) is 17.1. The average molecular weight is 795 g/mol. The van der Waals surface area contributed by atoms with Gasteiger partial charge < -0.3 is 9.47 Å². The summed E-state index contributed by atoms with van der Waals surface area (Å²) in [7, 11) is -2.79. The summed E-state index contributed by atoms with van der Waals surface area (Å²) in [6, 6.07) is 93.7. The zero-order valence-corrected chi connectivity index (χ0v) is 34.6.